The van der Waals surface area contributed by atoms with Gasteiger partial charge in [-0.05, 0) is 62.0 Å². The van der Waals surface area contributed by atoms with Crippen LogP contribution in [0.3, 0.4) is 0 Å². The van der Waals surface area contributed by atoms with Crippen molar-refractivity contribution in [3.63, 3.8) is 0 Å². The number of rotatable bonds is 9. The number of furan rings is 1. The van der Waals surface area contributed by atoms with Crippen LogP contribution in [0, 0.1) is 0 Å². The number of thiazole rings is 1. The topological polar surface area (TPSA) is 118 Å². The van der Waals surface area contributed by atoms with E-state index in [4.69, 9.17) is 18.6 Å². The molecule has 252 valence electrons. The maximum absolute atomic E-state index is 14.1. The van der Waals surface area contributed by atoms with Gasteiger partial charge in [0, 0.05) is 17.2 Å². The van der Waals surface area contributed by atoms with Crippen LogP contribution in [0.15, 0.2) is 102 Å². The van der Waals surface area contributed by atoms with Gasteiger partial charge in [0.05, 0.1) is 42.3 Å². The van der Waals surface area contributed by atoms with Crippen molar-refractivity contribution in [2.75, 3.05) is 20.8 Å². The van der Waals surface area contributed by atoms with Gasteiger partial charge in [0.2, 0.25) is 0 Å². The number of benzene rings is 2. The number of aromatic nitrogens is 3. The second kappa shape index (κ2) is 13.8. The normalized spacial score (nSPS) is 14.8. The lowest BCUT2D eigenvalue weighted by molar-refractivity contribution is -0.141. The van der Waals surface area contributed by atoms with E-state index in [2.05, 4.69) is 15.0 Å². The molecule has 1 aliphatic heterocycles. The molecule has 49 heavy (non-hydrogen) atoms. The predicted molar refractivity (Wildman–Crippen MR) is 175 cm³/mol. The quantitative estimate of drug-likeness (QED) is 0.134. The van der Waals surface area contributed by atoms with Crippen LogP contribution in [0.4, 0.5) is 13.2 Å². The first-order valence-electron chi connectivity index (χ1n) is 14.7. The van der Waals surface area contributed by atoms with Crippen molar-refractivity contribution in [3.8, 4) is 22.8 Å². The summed E-state index contributed by atoms with van der Waals surface area (Å²) in [5.74, 6) is 0.515. The first-order valence-corrected chi connectivity index (χ1v) is 16.3. The highest BCUT2D eigenvalue weighted by molar-refractivity contribution is 7.99. The predicted octanol–water partition coefficient (Wildman–Crippen LogP) is 6.04. The number of allylic oxidation sites excluding steroid dienone is 1. The molecule has 2 aromatic carbocycles. The second-order valence-electron chi connectivity index (χ2n) is 10.5. The summed E-state index contributed by atoms with van der Waals surface area (Å²) in [6.07, 6.45) is -3.19. The number of esters is 1. The number of carbonyl (C=O) groups is 1. The van der Waals surface area contributed by atoms with Gasteiger partial charge >= 0.3 is 12.1 Å². The van der Waals surface area contributed by atoms with Crippen LogP contribution in [0.1, 0.15) is 36.9 Å². The third-order valence-corrected chi connectivity index (χ3v) is 9.15. The van der Waals surface area contributed by atoms with Crippen molar-refractivity contribution in [1.29, 1.82) is 0 Å². The van der Waals surface area contributed by atoms with Gasteiger partial charge in [-0.15, -0.1) is 0 Å². The van der Waals surface area contributed by atoms with Crippen molar-refractivity contribution in [2.45, 2.75) is 36.3 Å². The van der Waals surface area contributed by atoms with Crippen LogP contribution in [-0.2, 0) is 15.7 Å². The van der Waals surface area contributed by atoms with Crippen LogP contribution in [0.25, 0.3) is 17.3 Å². The van der Waals surface area contributed by atoms with E-state index in [9.17, 15) is 22.8 Å². The monoisotopic (exact) mass is 708 g/mol. The summed E-state index contributed by atoms with van der Waals surface area (Å²) in [7, 11) is 2.98. The number of fused-ring (bicyclic) bond motifs is 1. The maximum Gasteiger partial charge on any atom is 0.433 e. The largest absolute Gasteiger partial charge is 0.497 e. The molecule has 15 heteroatoms. The van der Waals surface area contributed by atoms with Gasteiger partial charge < -0.3 is 18.6 Å². The average molecular weight is 709 g/mol. The van der Waals surface area contributed by atoms with Gasteiger partial charge in [-0.25, -0.2) is 19.8 Å². The summed E-state index contributed by atoms with van der Waals surface area (Å²) >= 11 is 1.89. The molecule has 0 spiro atoms. The van der Waals surface area contributed by atoms with Crippen LogP contribution in [-0.4, -0.2) is 41.3 Å². The van der Waals surface area contributed by atoms with E-state index in [-0.39, 0.29) is 38.4 Å². The second-order valence-corrected chi connectivity index (χ2v) is 12.4. The minimum atomic E-state index is -4.69. The lowest BCUT2D eigenvalue weighted by atomic mass is 9.95. The maximum atomic E-state index is 14.1. The van der Waals surface area contributed by atoms with E-state index in [0.717, 1.165) is 29.2 Å². The number of ether oxygens (including phenoxy) is 3. The van der Waals surface area contributed by atoms with Gasteiger partial charge in [0.25, 0.3) is 5.56 Å². The number of halogens is 3. The molecule has 1 aliphatic rings. The van der Waals surface area contributed by atoms with E-state index in [1.165, 1.54) is 24.9 Å². The summed E-state index contributed by atoms with van der Waals surface area (Å²) in [4.78, 5) is 40.3. The van der Waals surface area contributed by atoms with Gasteiger partial charge in [-0.1, -0.05) is 41.7 Å². The molecule has 0 aliphatic carbocycles. The van der Waals surface area contributed by atoms with E-state index in [1.807, 2.05) is 0 Å². The highest BCUT2D eigenvalue weighted by atomic mass is 32.2. The molecule has 0 N–H and O–H groups in total. The first-order chi connectivity index (χ1) is 23.5. The Labute approximate surface area is 285 Å². The van der Waals surface area contributed by atoms with Crippen molar-refractivity contribution in [1.82, 2.24) is 14.5 Å². The molecule has 6 rings (SSSR count). The Morgan fingerprint density at radius 3 is 2.53 bits per heavy atom. The van der Waals surface area contributed by atoms with Gasteiger partial charge in [0.1, 0.15) is 29.0 Å². The molecule has 10 nitrogen and oxygen atoms in total. The van der Waals surface area contributed by atoms with E-state index < -0.39 is 29.4 Å². The highest BCUT2D eigenvalue weighted by Crippen LogP contribution is 2.38. The molecular weight excluding hydrogens is 682 g/mol. The lowest BCUT2D eigenvalue weighted by Crippen LogP contribution is -2.40. The van der Waals surface area contributed by atoms with E-state index in [0.29, 0.717) is 33.1 Å². The highest BCUT2D eigenvalue weighted by Gasteiger charge is 2.36. The molecule has 0 radical (unpaired) electrons. The third-order valence-electron chi connectivity index (χ3n) is 7.38. The number of hydrogen-bond acceptors (Lipinski definition) is 11. The number of alkyl halides is 3. The molecule has 0 bridgehead atoms. The standard InChI is InChI=1S/C34H27F3N4O6S2/c1-5-46-31(43)28-18(2)38-33-41(29(28)22-15-20(44-3)11-13-24(22)45-4)30(42)25(48-33)16-21-12-14-27(47-21)49-32-39-23(19-9-7-6-8-10-19)17-26(40-32)34(35,36)37/h6-17,29H,5H2,1-4H3/b25-16+/t29-/m1/s1. The zero-order valence-corrected chi connectivity index (χ0v) is 28.0. The zero-order valence-electron chi connectivity index (χ0n) is 26.4. The van der Waals surface area contributed by atoms with Crippen LogP contribution >= 0.6 is 23.1 Å². The Bertz CT molecular complexity index is 2260. The Morgan fingerprint density at radius 2 is 1.84 bits per heavy atom. The van der Waals surface area contributed by atoms with Gasteiger partial charge in [-0.2, -0.15) is 13.2 Å². The molecule has 0 unspecified atom stereocenters. The minimum absolute atomic E-state index is 0.109. The zero-order chi connectivity index (χ0) is 34.9. The first kappa shape index (κ1) is 33.7. The minimum Gasteiger partial charge on any atom is -0.497 e. The van der Waals surface area contributed by atoms with Crippen molar-refractivity contribution < 1.29 is 36.6 Å². The lowest BCUT2D eigenvalue weighted by Gasteiger charge is -2.26. The molecule has 0 amide bonds. The molecule has 5 aromatic rings. The van der Waals surface area contributed by atoms with Crippen LogP contribution in [0.5, 0.6) is 11.5 Å². The molecule has 4 heterocycles. The Balaban J connectivity index is 1.40. The number of carbonyl (C=O) groups excluding carboxylic acids is 1. The number of nitrogens with zero attached hydrogens (tertiary/aromatic N) is 4. The molecule has 0 saturated carbocycles. The third kappa shape index (κ3) is 6.89. The fourth-order valence-electron chi connectivity index (χ4n) is 5.20. The Kier molecular flexibility index (Phi) is 9.48. The molecule has 0 fully saturated rings. The summed E-state index contributed by atoms with van der Waals surface area (Å²) in [5, 5.41) is 0.0416. The Hall–Kier alpha value is -5.15. The SMILES string of the molecule is CCOC(=O)C1=C(C)N=c2s/c(=C/c3ccc(Sc4nc(-c5ccccc5)cc(C(F)(F)F)n4)o3)c(=O)n2[C@@H]1c1cc(OC)ccc1OC. The summed E-state index contributed by atoms with van der Waals surface area (Å²) in [6, 6.07) is 16.6. The van der Waals surface area contributed by atoms with E-state index >= 15 is 0 Å². The van der Waals surface area contributed by atoms with Crippen molar-refractivity contribution in [3.05, 3.63) is 115 Å². The van der Waals surface area contributed by atoms with Crippen molar-refractivity contribution in [2.24, 2.45) is 4.99 Å². The van der Waals surface area contributed by atoms with Crippen LogP contribution < -0.4 is 24.4 Å². The molecule has 1 atom stereocenters. The molecule has 0 saturated heterocycles. The number of methoxy groups -OCH3 is 2. The van der Waals surface area contributed by atoms with Crippen molar-refractivity contribution >= 4 is 35.1 Å². The summed E-state index contributed by atoms with van der Waals surface area (Å²) < 4.78 is 65.1. The van der Waals surface area contributed by atoms with Gasteiger partial charge in [0.15, 0.2) is 15.1 Å². The Morgan fingerprint density at radius 1 is 1.06 bits per heavy atom. The number of hydrogen-bond donors (Lipinski definition) is 0. The fraction of sp³-hybridized carbons (Fsp3) is 0.206. The smallest absolute Gasteiger partial charge is 0.433 e. The summed E-state index contributed by atoms with van der Waals surface area (Å²) in [6.45, 7) is 3.46. The fourth-order valence-corrected chi connectivity index (χ4v) is 6.97. The van der Waals surface area contributed by atoms with Gasteiger partial charge in [-0.3, -0.25) is 9.36 Å². The van der Waals surface area contributed by atoms with Crippen LogP contribution in [0.2, 0.25) is 0 Å². The average Bonchev–Trinajstić information content (AvgIpc) is 3.66. The molecule has 3 aromatic heterocycles. The van der Waals surface area contributed by atoms with E-state index in [1.54, 1.807) is 74.5 Å². The molecular formula is C34H27F3N4O6S2. The summed E-state index contributed by atoms with van der Waals surface area (Å²) in [5.41, 5.74) is 0.0777.